The van der Waals surface area contributed by atoms with Gasteiger partial charge in [-0.05, 0) is 30.5 Å². The monoisotopic (exact) mass is 307 g/mol. The van der Waals surface area contributed by atoms with E-state index in [1.807, 2.05) is 17.5 Å². The number of rotatable bonds is 4. The highest BCUT2D eigenvalue weighted by atomic mass is 32.1. The second-order valence-corrected chi connectivity index (χ2v) is 5.31. The van der Waals surface area contributed by atoms with Gasteiger partial charge in [0, 0.05) is 6.07 Å². The summed E-state index contributed by atoms with van der Waals surface area (Å²) >= 11 is 1.53. The first-order valence-electron chi connectivity index (χ1n) is 6.21. The van der Waals surface area contributed by atoms with E-state index in [0.717, 1.165) is 17.0 Å². The molecule has 2 heterocycles. The van der Waals surface area contributed by atoms with Crippen LogP contribution >= 0.6 is 11.3 Å². The molecular formula is C15H11F2NO2S. The molecule has 0 N–H and O–H groups in total. The molecule has 0 bridgehead atoms. The highest BCUT2D eigenvalue weighted by Crippen LogP contribution is 2.26. The normalized spacial score (nSPS) is 10.8. The van der Waals surface area contributed by atoms with Crippen molar-refractivity contribution in [2.24, 2.45) is 0 Å². The van der Waals surface area contributed by atoms with Gasteiger partial charge in [-0.3, -0.25) is 0 Å². The Morgan fingerprint density at radius 2 is 2.10 bits per heavy atom. The molecule has 0 radical (unpaired) electrons. The van der Waals surface area contributed by atoms with Gasteiger partial charge in [0.1, 0.15) is 23.8 Å². The van der Waals surface area contributed by atoms with E-state index < -0.39 is 11.6 Å². The molecular weight excluding hydrogens is 296 g/mol. The highest BCUT2D eigenvalue weighted by molar-refractivity contribution is 7.13. The predicted molar refractivity (Wildman–Crippen MR) is 75.2 cm³/mol. The van der Waals surface area contributed by atoms with Crippen LogP contribution in [-0.2, 0) is 6.61 Å². The van der Waals surface area contributed by atoms with Crippen LogP contribution in [0.2, 0.25) is 0 Å². The first kappa shape index (κ1) is 13.8. The van der Waals surface area contributed by atoms with Gasteiger partial charge in [-0.25, -0.2) is 13.8 Å². The number of ether oxygens (including phenoxy) is 1. The maximum Gasteiger partial charge on any atom is 0.236 e. The van der Waals surface area contributed by atoms with Crippen molar-refractivity contribution in [2.75, 3.05) is 0 Å². The van der Waals surface area contributed by atoms with Crippen molar-refractivity contribution in [3.05, 3.63) is 58.8 Å². The molecule has 3 nitrogen and oxygen atoms in total. The lowest BCUT2D eigenvalue weighted by molar-refractivity contribution is 0.296. The maximum atomic E-state index is 13.1. The number of benzene rings is 1. The zero-order valence-corrected chi connectivity index (χ0v) is 11.9. The third-order valence-electron chi connectivity index (χ3n) is 2.89. The summed E-state index contributed by atoms with van der Waals surface area (Å²) in [5.74, 6) is -0.426. The summed E-state index contributed by atoms with van der Waals surface area (Å²) in [6.07, 6.45) is 0. The second-order valence-electron chi connectivity index (χ2n) is 4.36. The van der Waals surface area contributed by atoms with E-state index in [9.17, 15) is 8.78 Å². The van der Waals surface area contributed by atoms with Gasteiger partial charge in [-0.15, -0.1) is 11.3 Å². The summed E-state index contributed by atoms with van der Waals surface area (Å²) in [5.41, 5.74) is 0.628. The van der Waals surface area contributed by atoms with E-state index in [2.05, 4.69) is 4.98 Å². The molecule has 0 unspecified atom stereocenters. The quantitative estimate of drug-likeness (QED) is 0.708. The average Bonchev–Trinajstić information content (AvgIpc) is 3.10. The Morgan fingerprint density at radius 1 is 1.24 bits per heavy atom. The largest absolute Gasteiger partial charge is 0.487 e. The minimum atomic E-state index is -0.941. The summed E-state index contributed by atoms with van der Waals surface area (Å²) in [7, 11) is 0. The van der Waals surface area contributed by atoms with Crippen molar-refractivity contribution in [3.8, 4) is 16.5 Å². The third-order valence-corrected chi connectivity index (χ3v) is 3.75. The summed E-state index contributed by atoms with van der Waals surface area (Å²) < 4.78 is 36.9. The number of thiophene rings is 1. The van der Waals surface area contributed by atoms with Gasteiger partial charge in [-0.1, -0.05) is 6.07 Å². The fourth-order valence-electron chi connectivity index (χ4n) is 1.79. The van der Waals surface area contributed by atoms with Crippen LogP contribution in [0.25, 0.3) is 10.8 Å². The fraction of sp³-hybridized carbons (Fsp3) is 0.133. The molecule has 0 spiro atoms. The van der Waals surface area contributed by atoms with Crippen LogP contribution in [-0.4, -0.2) is 4.98 Å². The number of hydrogen-bond acceptors (Lipinski definition) is 4. The van der Waals surface area contributed by atoms with Crippen molar-refractivity contribution < 1.29 is 17.9 Å². The van der Waals surface area contributed by atoms with Gasteiger partial charge >= 0.3 is 0 Å². The lowest BCUT2D eigenvalue weighted by Crippen LogP contribution is -1.98. The van der Waals surface area contributed by atoms with Gasteiger partial charge in [0.15, 0.2) is 11.6 Å². The Morgan fingerprint density at radius 3 is 2.81 bits per heavy atom. The minimum absolute atomic E-state index is 0.131. The standard InChI is InChI=1S/C15H11F2NO2S/c1-9-13(18-15(20-9)14-3-2-6-21-14)8-19-10-4-5-11(16)12(17)7-10/h2-7H,8H2,1H3. The summed E-state index contributed by atoms with van der Waals surface area (Å²) in [4.78, 5) is 5.29. The van der Waals surface area contributed by atoms with E-state index in [1.165, 1.54) is 17.4 Å². The smallest absolute Gasteiger partial charge is 0.236 e. The van der Waals surface area contributed by atoms with Crippen LogP contribution in [0.3, 0.4) is 0 Å². The lowest BCUT2D eigenvalue weighted by atomic mass is 10.3. The van der Waals surface area contributed by atoms with E-state index in [4.69, 9.17) is 9.15 Å². The van der Waals surface area contributed by atoms with Crippen LogP contribution in [0.5, 0.6) is 5.75 Å². The predicted octanol–water partition coefficient (Wildman–Crippen LogP) is 4.57. The van der Waals surface area contributed by atoms with Gasteiger partial charge in [-0.2, -0.15) is 0 Å². The second kappa shape index (κ2) is 5.65. The summed E-state index contributed by atoms with van der Waals surface area (Å²) in [5, 5.41) is 1.94. The molecule has 3 rings (SSSR count). The van der Waals surface area contributed by atoms with Crippen molar-refractivity contribution in [2.45, 2.75) is 13.5 Å². The molecule has 0 aliphatic rings. The summed E-state index contributed by atoms with van der Waals surface area (Å²) in [6.45, 7) is 1.92. The molecule has 0 atom stereocenters. The van der Waals surface area contributed by atoms with Crippen LogP contribution in [0, 0.1) is 18.6 Å². The number of oxazole rings is 1. The van der Waals surface area contributed by atoms with Crippen molar-refractivity contribution in [3.63, 3.8) is 0 Å². The van der Waals surface area contributed by atoms with Crippen molar-refractivity contribution >= 4 is 11.3 Å². The van der Waals surface area contributed by atoms with Crippen LogP contribution in [0.15, 0.2) is 40.1 Å². The van der Waals surface area contributed by atoms with Gasteiger partial charge in [0.25, 0.3) is 0 Å². The first-order valence-corrected chi connectivity index (χ1v) is 7.09. The molecule has 3 aromatic rings. The molecule has 108 valence electrons. The number of halogens is 2. The fourth-order valence-corrected chi connectivity index (χ4v) is 2.43. The molecule has 21 heavy (non-hydrogen) atoms. The Bertz CT molecular complexity index is 753. The maximum absolute atomic E-state index is 13.1. The molecule has 0 saturated carbocycles. The molecule has 2 aromatic heterocycles. The molecule has 1 aromatic carbocycles. The zero-order chi connectivity index (χ0) is 14.8. The average molecular weight is 307 g/mol. The Labute approximate surface area is 123 Å². The molecule has 0 aliphatic heterocycles. The lowest BCUT2D eigenvalue weighted by Gasteiger charge is -2.04. The van der Waals surface area contributed by atoms with E-state index in [1.54, 1.807) is 6.92 Å². The molecule has 0 fully saturated rings. The van der Waals surface area contributed by atoms with E-state index >= 15 is 0 Å². The third kappa shape index (κ3) is 2.95. The Hall–Kier alpha value is -2.21. The van der Waals surface area contributed by atoms with Gasteiger partial charge in [0.2, 0.25) is 5.89 Å². The topological polar surface area (TPSA) is 35.3 Å². The van der Waals surface area contributed by atoms with Crippen LogP contribution in [0.4, 0.5) is 8.78 Å². The van der Waals surface area contributed by atoms with Gasteiger partial charge < -0.3 is 9.15 Å². The number of nitrogens with zero attached hydrogens (tertiary/aromatic N) is 1. The van der Waals surface area contributed by atoms with Crippen molar-refractivity contribution in [1.82, 2.24) is 4.98 Å². The zero-order valence-electron chi connectivity index (χ0n) is 11.1. The Kier molecular flexibility index (Phi) is 3.70. The SMILES string of the molecule is Cc1oc(-c2cccs2)nc1COc1ccc(F)c(F)c1. The summed E-state index contributed by atoms with van der Waals surface area (Å²) in [6, 6.07) is 7.23. The van der Waals surface area contributed by atoms with Crippen molar-refractivity contribution in [1.29, 1.82) is 0 Å². The van der Waals surface area contributed by atoms with E-state index in [-0.39, 0.29) is 12.4 Å². The highest BCUT2D eigenvalue weighted by Gasteiger charge is 2.13. The van der Waals surface area contributed by atoms with E-state index in [0.29, 0.717) is 17.3 Å². The first-order chi connectivity index (χ1) is 10.1. The van der Waals surface area contributed by atoms with Crippen LogP contribution in [0.1, 0.15) is 11.5 Å². The Balaban J connectivity index is 1.74. The van der Waals surface area contributed by atoms with Gasteiger partial charge in [0.05, 0.1) is 4.88 Å². The molecule has 6 heteroatoms. The number of aryl methyl sites for hydroxylation is 1. The number of aromatic nitrogens is 1. The molecule has 0 saturated heterocycles. The minimum Gasteiger partial charge on any atom is -0.487 e. The molecule has 0 amide bonds. The van der Waals surface area contributed by atoms with Crippen LogP contribution < -0.4 is 4.74 Å². The molecule has 0 aliphatic carbocycles. The number of hydrogen-bond donors (Lipinski definition) is 0.